The van der Waals surface area contributed by atoms with Crippen LogP contribution in [-0.4, -0.2) is 15.6 Å². The van der Waals surface area contributed by atoms with Crippen molar-refractivity contribution in [1.82, 2.24) is 0 Å². The first kappa shape index (κ1) is 20.1. The Hall–Kier alpha value is -2.84. The van der Waals surface area contributed by atoms with Gasteiger partial charge in [0.1, 0.15) is 17.1 Å². The molecule has 31 heavy (non-hydrogen) atoms. The van der Waals surface area contributed by atoms with E-state index in [9.17, 15) is 15.2 Å². The van der Waals surface area contributed by atoms with Gasteiger partial charge in [0.2, 0.25) is 0 Å². The van der Waals surface area contributed by atoms with Gasteiger partial charge in [0, 0.05) is 17.5 Å². The van der Waals surface area contributed by atoms with Crippen LogP contribution in [0, 0.1) is 39.7 Å². The normalized spacial score (nSPS) is 33.5. The second-order valence-electron chi connectivity index (χ2n) is 9.63. The number of nitrogens with zero attached hydrogens (tertiary/aromatic N) is 1. The molecule has 5 heteroatoms. The lowest BCUT2D eigenvalue weighted by Crippen LogP contribution is -2.50. The van der Waals surface area contributed by atoms with Gasteiger partial charge in [-0.2, -0.15) is 0 Å². The molecule has 5 nitrogen and oxygen atoms in total. The third-order valence-corrected chi connectivity index (χ3v) is 8.37. The first-order valence-electron chi connectivity index (χ1n) is 11.1. The van der Waals surface area contributed by atoms with Crippen molar-refractivity contribution in [2.24, 2.45) is 17.3 Å². The van der Waals surface area contributed by atoms with E-state index in [1.807, 2.05) is 6.07 Å². The predicted octanol–water partition coefficient (Wildman–Crippen LogP) is 5.61. The van der Waals surface area contributed by atoms with Gasteiger partial charge in [-0.1, -0.05) is 18.9 Å². The molecule has 4 unspecified atom stereocenters. The van der Waals surface area contributed by atoms with Gasteiger partial charge in [-0.25, -0.2) is 0 Å². The van der Waals surface area contributed by atoms with E-state index in [2.05, 4.69) is 25.0 Å². The Morgan fingerprint density at radius 3 is 2.58 bits per heavy atom. The van der Waals surface area contributed by atoms with Gasteiger partial charge in [-0.3, -0.25) is 10.1 Å². The molecule has 2 aromatic carbocycles. The lowest BCUT2D eigenvalue weighted by Gasteiger charge is -2.52. The van der Waals surface area contributed by atoms with E-state index in [1.54, 1.807) is 12.1 Å². The van der Waals surface area contributed by atoms with Gasteiger partial charge >= 0.3 is 0 Å². The van der Waals surface area contributed by atoms with Gasteiger partial charge in [0.05, 0.1) is 4.92 Å². The fourth-order valence-electron chi connectivity index (χ4n) is 6.65. The average molecular weight is 418 g/mol. The molecular weight excluding hydrogens is 390 g/mol. The van der Waals surface area contributed by atoms with Crippen molar-refractivity contribution in [3.05, 3.63) is 63.7 Å². The van der Waals surface area contributed by atoms with Crippen molar-refractivity contribution in [3.8, 4) is 23.8 Å². The molecule has 3 aliphatic carbocycles. The summed E-state index contributed by atoms with van der Waals surface area (Å²) in [5.74, 6) is 5.63. The first-order valence-corrected chi connectivity index (χ1v) is 11.1. The van der Waals surface area contributed by atoms with Gasteiger partial charge in [-0.05, 0) is 91.7 Å². The van der Waals surface area contributed by atoms with E-state index in [1.165, 1.54) is 23.3 Å². The second-order valence-corrected chi connectivity index (χ2v) is 9.63. The summed E-state index contributed by atoms with van der Waals surface area (Å²) in [6, 6.07) is 12.5. The van der Waals surface area contributed by atoms with E-state index in [0.29, 0.717) is 29.9 Å². The quantitative estimate of drug-likeness (QED) is 0.400. The molecule has 2 aromatic rings. The van der Waals surface area contributed by atoms with Crippen molar-refractivity contribution < 1.29 is 14.8 Å². The highest BCUT2D eigenvalue weighted by molar-refractivity contribution is 5.44. The first-order chi connectivity index (χ1) is 14.8. The largest absolute Gasteiger partial charge is 0.457 e. The summed E-state index contributed by atoms with van der Waals surface area (Å²) >= 11 is 0. The number of nitro groups is 1. The molecule has 0 amide bonds. The maximum absolute atomic E-state index is 11.1. The lowest BCUT2D eigenvalue weighted by molar-refractivity contribution is -0.384. The Morgan fingerprint density at radius 2 is 1.87 bits per heavy atom. The molecule has 3 aliphatic rings. The van der Waals surface area contributed by atoms with Gasteiger partial charge in [0.15, 0.2) is 0 Å². The number of nitro benzene ring substituents is 1. The van der Waals surface area contributed by atoms with Crippen molar-refractivity contribution in [1.29, 1.82) is 0 Å². The molecule has 0 aromatic heterocycles. The maximum Gasteiger partial charge on any atom is 0.269 e. The van der Waals surface area contributed by atoms with Crippen LogP contribution in [-0.2, 0) is 6.42 Å². The molecule has 0 saturated heterocycles. The number of non-ortho nitro benzene ring substituents is 1. The number of terminal acetylenes is 1. The fourth-order valence-corrected chi connectivity index (χ4v) is 6.65. The van der Waals surface area contributed by atoms with E-state index < -0.39 is 10.5 Å². The van der Waals surface area contributed by atoms with Crippen LogP contribution in [0.3, 0.4) is 0 Å². The zero-order valence-corrected chi connectivity index (χ0v) is 17.7. The topological polar surface area (TPSA) is 72.6 Å². The molecule has 0 spiro atoms. The number of ether oxygens (including phenoxy) is 1. The van der Waals surface area contributed by atoms with Crippen LogP contribution in [0.25, 0.3) is 0 Å². The van der Waals surface area contributed by atoms with Crippen molar-refractivity contribution >= 4 is 5.69 Å². The molecule has 0 heterocycles. The lowest BCUT2D eigenvalue weighted by atomic mass is 9.53. The molecular formula is C26H27NO4. The van der Waals surface area contributed by atoms with Crippen LogP contribution >= 0.6 is 0 Å². The molecule has 5 rings (SSSR count). The Morgan fingerprint density at radius 1 is 1.13 bits per heavy atom. The summed E-state index contributed by atoms with van der Waals surface area (Å²) in [5.41, 5.74) is 1.64. The van der Waals surface area contributed by atoms with Crippen LogP contribution in [0.4, 0.5) is 5.69 Å². The highest BCUT2D eigenvalue weighted by Crippen LogP contribution is 2.64. The monoisotopic (exact) mass is 417 g/mol. The molecule has 2 fully saturated rings. The minimum absolute atomic E-state index is 0.0526. The van der Waals surface area contributed by atoms with Crippen LogP contribution in [0.1, 0.15) is 56.1 Å². The minimum atomic E-state index is -0.967. The molecule has 2 saturated carbocycles. The van der Waals surface area contributed by atoms with Crippen LogP contribution in [0.2, 0.25) is 0 Å². The van der Waals surface area contributed by atoms with Crippen molar-refractivity contribution in [3.63, 3.8) is 0 Å². The summed E-state index contributed by atoms with van der Waals surface area (Å²) in [4.78, 5) is 10.4. The highest BCUT2D eigenvalue weighted by atomic mass is 16.6. The van der Waals surface area contributed by atoms with E-state index in [4.69, 9.17) is 11.2 Å². The van der Waals surface area contributed by atoms with Gasteiger partial charge in [-0.15, -0.1) is 6.42 Å². The van der Waals surface area contributed by atoms with E-state index in [-0.39, 0.29) is 11.1 Å². The number of benzene rings is 2. The van der Waals surface area contributed by atoms with Crippen LogP contribution in [0.5, 0.6) is 11.5 Å². The standard InChI is InChI=1S/C26H27NO4/c1-3-26(28)15-13-24-23-10-4-17-16-20(31-19-7-5-18(6-8-19)27(29)30)9-11-21(17)22(23)12-14-25(24,26)2/h1,5-9,11,16,22-24,28H,4,10,12-15H2,2H3/t22?,23?,24?,25?,26-/m0/s1. The van der Waals surface area contributed by atoms with Crippen LogP contribution < -0.4 is 4.74 Å². The smallest absolute Gasteiger partial charge is 0.269 e. The highest BCUT2D eigenvalue weighted by Gasteiger charge is 2.61. The molecule has 5 atom stereocenters. The number of aryl methyl sites for hydroxylation is 1. The summed E-state index contributed by atoms with van der Waals surface area (Å²) in [6.07, 6.45) is 11.6. The summed E-state index contributed by atoms with van der Waals surface area (Å²) in [5, 5.41) is 21.9. The molecule has 1 N–H and O–H groups in total. The van der Waals surface area contributed by atoms with Crippen LogP contribution in [0.15, 0.2) is 42.5 Å². The number of hydrogen-bond donors (Lipinski definition) is 1. The average Bonchev–Trinajstić information content (AvgIpc) is 3.05. The van der Waals surface area contributed by atoms with E-state index >= 15 is 0 Å². The number of rotatable bonds is 3. The van der Waals surface area contributed by atoms with Gasteiger partial charge in [0.25, 0.3) is 5.69 Å². The molecule has 160 valence electrons. The van der Waals surface area contributed by atoms with E-state index in [0.717, 1.165) is 37.9 Å². The number of fused-ring (bicyclic) bond motifs is 5. The molecule has 0 radical (unpaired) electrons. The summed E-state index contributed by atoms with van der Waals surface area (Å²) < 4.78 is 5.96. The zero-order chi connectivity index (χ0) is 21.8. The fraction of sp³-hybridized carbons (Fsp3) is 0.462. The molecule has 0 aliphatic heterocycles. The Kier molecular flexibility index (Phi) is 4.60. The van der Waals surface area contributed by atoms with Crippen molar-refractivity contribution in [2.45, 2.75) is 57.0 Å². The third-order valence-electron chi connectivity index (χ3n) is 8.37. The Balaban J connectivity index is 1.37. The Labute approximate surface area is 182 Å². The SMILES string of the molecule is C#C[C@]1(O)CCC2C3CCc4cc(Oc5ccc([N+](=O)[O-])cc5)ccc4C3CCC21C. The number of aliphatic hydroxyl groups is 1. The predicted molar refractivity (Wildman–Crippen MR) is 118 cm³/mol. The second kappa shape index (κ2) is 7.10. The zero-order valence-electron chi connectivity index (χ0n) is 17.7. The summed E-state index contributed by atoms with van der Waals surface area (Å²) in [6.45, 7) is 2.21. The van der Waals surface area contributed by atoms with Crippen molar-refractivity contribution in [2.75, 3.05) is 0 Å². The maximum atomic E-state index is 11.1. The third kappa shape index (κ3) is 3.04. The summed E-state index contributed by atoms with van der Waals surface area (Å²) in [7, 11) is 0. The molecule has 0 bridgehead atoms. The van der Waals surface area contributed by atoms with Gasteiger partial charge < -0.3 is 9.84 Å². The minimum Gasteiger partial charge on any atom is -0.457 e. The Bertz CT molecular complexity index is 1070. The number of hydrogen-bond acceptors (Lipinski definition) is 4.